The number of ether oxygens (including phenoxy) is 1. The quantitative estimate of drug-likeness (QED) is 0.717. The van der Waals surface area contributed by atoms with Gasteiger partial charge in [0.25, 0.3) is 5.91 Å². The lowest BCUT2D eigenvalue weighted by molar-refractivity contribution is -0.122. The molecule has 0 spiro atoms. The van der Waals surface area contributed by atoms with Crippen LogP contribution < -0.4 is 10.1 Å². The zero-order chi connectivity index (χ0) is 17.6. The van der Waals surface area contributed by atoms with Gasteiger partial charge >= 0.3 is 0 Å². The summed E-state index contributed by atoms with van der Waals surface area (Å²) in [7, 11) is 0. The number of aromatic nitrogens is 2. The number of carbonyl (C=O) groups is 1. The van der Waals surface area contributed by atoms with Gasteiger partial charge in [0.15, 0.2) is 6.10 Å². The Morgan fingerprint density at radius 3 is 2.52 bits per heavy atom. The molecule has 5 nitrogen and oxygen atoms in total. The summed E-state index contributed by atoms with van der Waals surface area (Å²) in [5.74, 6) is 0.452. The van der Waals surface area contributed by atoms with Crippen molar-refractivity contribution in [2.24, 2.45) is 0 Å². The smallest absolute Gasteiger partial charge is 0.267 e. The molecular formula is C19H19N3O2S. The van der Waals surface area contributed by atoms with Crippen LogP contribution in [-0.4, -0.2) is 22.2 Å². The highest BCUT2D eigenvalue weighted by Gasteiger charge is 2.20. The SMILES string of the molecule is CC[C@H](Oc1ccc(C)cc1)C(=O)Nc1nnc(-c2ccccc2)s1. The van der Waals surface area contributed by atoms with E-state index in [1.165, 1.54) is 11.3 Å². The van der Waals surface area contributed by atoms with E-state index in [4.69, 9.17) is 4.74 Å². The highest BCUT2D eigenvalue weighted by atomic mass is 32.1. The van der Waals surface area contributed by atoms with Gasteiger partial charge in [-0.25, -0.2) is 0 Å². The second-order valence-corrected chi connectivity index (χ2v) is 6.57. The van der Waals surface area contributed by atoms with Crippen molar-refractivity contribution in [3.05, 3.63) is 60.2 Å². The lowest BCUT2D eigenvalue weighted by Crippen LogP contribution is -2.32. The van der Waals surface area contributed by atoms with E-state index in [-0.39, 0.29) is 5.91 Å². The monoisotopic (exact) mass is 353 g/mol. The Kier molecular flexibility index (Phi) is 5.40. The Bertz CT molecular complexity index is 831. The summed E-state index contributed by atoms with van der Waals surface area (Å²) in [4.78, 5) is 12.5. The van der Waals surface area contributed by atoms with Crippen LogP contribution >= 0.6 is 11.3 Å². The normalized spacial score (nSPS) is 11.8. The summed E-state index contributed by atoms with van der Waals surface area (Å²) >= 11 is 1.34. The molecule has 128 valence electrons. The van der Waals surface area contributed by atoms with Crippen LogP contribution in [0.5, 0.6) is 5.75 Å². The molecule has 0 bridgehead atoms. The molecule has 0 aliphatic rings. The van der Waals surface area contributed by atoms with Crippen LogP contribution in [0.25, 0.3) is 10.6 Å². The molecule has 0 saturated heterocycles. The molecule has 25 heavy (non-hydrogen) atoms. The predicted octanol–water partition coefficient (Wildman–Crippen LogP) is 4.31. The lowest BCUT2D eigenvalue weighted by atomic mass is 10.2. The molecule has 0 aliphatic heterocycles. The number of amides is 1. The third-order valence-corrected chi connectivity index (χ3v) is 4.53. The van der Waals surface area contributed by atoms with E-state index in [1.54, 1.807) is 0 Å². The average molecular weight is 353 g/mol. The van der Waals surface area contributed by atoms with Gasteiger partial charge in [-0.2, -0.15) is 0 Å². The highest BCUT2D eigenvalue weighted by molar-refractivity contribution is 7.18. The van der Waals surface area contributed by atoms with Crippen LogP contribution in [-0.2, 0) is 4.79 Å². The molecular weight excluding hydrogens is 334 g/mol. The maximum Gasteiger partial charge on any atom is 0.267 e. The van der Waals surface area contributed by atoms with Crippen LogP contribution in [0.15, 0.2) is 54.6 Å². The van der Waals surface area contributed by atoms with Crippen molar-refractivity contribution in [2.45, 2.75) is 26.4 Å². The number of anilines is 1. The molecule has 0 radical (unpaired) electrons. The minimum atomic E-state index is -0.577. The van der Waals surface area contributed by atoms with E-state index >= 15 is 0 Å². The number of hydrogen-bond donors (Lipinski definition) is 1. The summed E-state index contributed by atoms with van der Waals surface area (Å²) in [6.07, 6.45) is -0.0175. The summed E-state index contributed by atoms with van der Waals surface area (Å²) < 4.78 is 5.79. The fraction of sp³-hybridized carbons (Fsp3) is 0.211. The van der Waals surface area contributed by atoms with E-state index < -0.39 is 6.10 Å². The maximum atomic E-state index is 12.5. The molecule has 1 amide bonds. The Balaban J connectivity index is 1.66. The molecule has 6 heteroatoms. The molecule has 0 aliphatic carbocycles. The minimum absolute atomic E-state index is 0.223. The van der Waals surface area contributed by atoms with E-state index in [0.29, 0.717) is 17.3 Å². The van der Waals surface area contributed by atoms with Crippen LogP contribution in [0.1, 0.15) is 18.9 Å². The van der Waals surface area contributed by atoms with E-state index in [0.717, 1.165) is 16.1 Å². The third kappa shape index (κ3) is 4.42. The molecule has 0 saturated carbocycles. The molecule has 0 unspecified atom stereocenters. The standard InChI is InChI=1S/C19H19N3O2S/c1-3-16(24-15-11-9-13(2)10-12-15)17(23)20-19-22-21-18(25-19)14-7-5-4-6-8-14/h4-12,16H,3H2,1-2H3,(H,20,22,23)/t16-/m0/s1. The minimum Gasteiger partial charge on any atom is -0.481 e. The van der Waals surface area contributed by atoms with Gasteiger partial charge in [0.2, 0.25) is 5.13 Å². The van der Waals surface area contributed by atoms with Crippen molar-refractivity contribution in [1.29, 1.82) is 0 Å². The van der Waals surface area contributed by atoms with Crippen molar-refractivity contribution in [1.82, 2.24) is 10.2 Å². The molecule has 0 fully saturated rings. The van der Waals surface area contributed by atoms with Gasteiger partial charge in [-0.1, -0.05) is 66.3 Å². The van der Waals surface area contributed by atoms with Gasteiger partial charge in [-0.15, -0.1) is 10.2 Å². The number of nitrogens with one attached hydrogen (secondary N) is 1. The fourth-order valence-corrected chi connectivity index (χ4v) is 3.01. The first-order valence-corrected chi connectivity index (χ1v) is 8.90. The van der Waals surface area contributed by atoms with Crippen molar-refractivity contribution >= 4 is 22.4 Å². The van der Waals surface area contributed by atoms with E-state index in [9.17, 15) is 4.79 Å². The predicted molar refractivity (Wildman–Crippen MR) is 99.9 cm³/mol. The Labute approximate surface area is 150 Å². The average Bonchev–Trinajstić information content (AvgIpc) is 3.10. The first-order chi connectivity index (χ1) is 12.2. The van der Waals surface area contributed by atoms with Gasteiger partial charge in [0.05, 0.1) is 0 Å². The van der Waals surface area contributed by atoms with Gasteiger partial charge in [-0.3, -0.25) is 10.1 Å². The number of benzene rings is 2. The molecule has 1 aromatic heterocycles. The van der Waals surface area contributed by atoms with Crippen LogP contribution in [0.4, 0.5) is 5.13 Å². The molecule has 1 atom stereocenters. The van der Waals surface area contributed by atoms with Crippen LogP contribution in [0.3, 0.4) is 0 Å². The van der Waals surface area contributed by atoms with Gasteiger partial charge < -0.3 is 4.74 Å². The first kappa shape index (κ1) is 17.1. The Morgan fingerprint density at radius 1 is 1.12 bits per heavy atom. The second kappa shape index (κ2) is 7.90. The molecule has 1 N–H and O–H groups in total. The molecule has 3 rings (SSSR count). The topological polar surface area (TPSA) is 64.1 Å². The van der Waals surface area contributed by atoms with Crippen molar-refractivity contribution < 1.29 is 9.53 Å². The fourth-order valence-electron chi connectivity index (χ4n) is 2.26. The summed E-state index contributed by atoms with van der Waals surface area (Å²) in [5, 5.41) is 12.2. The highest BCUT2D eigenvalue weighted by Crippen LogP contribution is 2.26. The zero-order valence-electron chi connectivity index (χ0n) is 14.1. The van der Waals surface area contributed by atoms with Crippen LogP contribution in [0, 0.1) is 6.92 Å². The van der Waals surface area contributed by atoms with Crippen LogP contribution in [0.2, 0.25) is 0 Å². The number of nitrogens with zero attached hydrogens (tertiary/aromatic N) is 2. The van der Waals surface area contributed by atoms with Crippen molar-refractivity contribution in [2.75, 3.05) is 5.32 Å². The van der Waals surface area contributed by atoms with E-state index in [2.05, 4.69) is 15.5 Å². The Hall–Kier alpha value is -2.73. The maximum absolute atomic E-state index is 12.5. The van der Waals surface area contributed by atoms with Crippen molar-refractivity contribution in [3.63, 3.8) is 0 Å². The third-order valence-electron chi connectivity index (χ3n) is 3.64. The number of rotatable bonds is 6. The molecule has 2 aromatic carbocycles. The summed E-state index contributed by atoms with van der Waals surface area (Å²) in [6, 6.07) is 17.4. The summed E-state index contributed by atoms with van der Waals surface area (Å²) in [5.41, 5.74) is 2.12. The summed E-state index contributed by atoms with van der Waals surface area (Å²) in [6.45, 7) is 3.92. The van der Waals surface area contributed by atoms with E-state index in [1.807, 2.05) is 68.4 Å². The molecule has 1 heterocycles. The largest absolute Gasteiger partial charge is 0.481 e. The lowest BCUT2D eigenvalue weighted by Gasteiger charge is -2.16. The zero-order valence-corrected chi connectivity index (χ0v) is 14.9. The van der Waals surface area contributed by atoms with Gasteiger partial charge in [0.1, 0.15) is 10.8 Å². The number of aryl methyl sites for hydroxylation is 1. The van der Waals surface area contributed by atoms with Crippen molar-refractivity contribution in [3.8, 4) is 16.3 Å². The second-order valence-electron chi connectivity index (χ2n) is 5.60. The molecule has 3 aromatic rings. The number of carbonyl (C=O) groups excluding carboxylic acids is 1. The van der Waals surface area contributed by atoms with Gasteiger partial charge in [0, 0.05) is 5.56 Å². The Morgan fingerprint density at radius 2 is 1.84 bits per heavy atom. The van der Waals surface area contributed by atoms with Gasteiger partial charge in [-0.05, 0) is 25.5 Å². The number of hydrogen-bond acceptors (Lipinski definition) is 5. The first-order valence-electron chi connectivity index (χ1n) is 8.09.